The second-order valence-electron chi connectivity index (χ2n) is 4.80. The number of anilines is 1. The number of hydrogen-bond donors (Lipinski definition) is 1. The summed E-state index contributed by atoms with van der Waals surface area (Å²) < 4.78 is 86.2. The van der Waals surface area contributed by atoms with Crippen molar-refractivity contribution in [2.24, 2.45) is 0 Å². The molecular weight excluding hydrogens is 398 g/mol. The maximum Gasteiger partial charge on any atom is 0.355 e. The monoisotopic (exact) mass is 409 g/mol. The van der Waals surface area contributed by atoms with Gasteiger partial charge in [-0.3, -0.25) is 9.52 Å². The predicted octanol–water partition coefficient (Wildman–Crippen LogP) is 1.97. The summed E-state index contributed by atoms with van der Waals surface area (Å²) in [6.45, 7) is 0. The molecule has 1 heterocycles. The van der Waals surface area contributed by atoms with Gasteiger partial charge in [0.05, 0.1) is 31.5 Å². The SMILES string of the molecule is COc1cc(OC)nc(C(=O)c2ccc(F)c(F)c2NS(=O)(=O)C(F)F)n1. The van der Waals surface area contributed by atoms with Crippen LogP contribution >= 0.6 is 0 Å². The summed E-state index contributed by atoms with van der Waals surface area (Å²) in [6, 6.07) is 2.42. The lowest BCUT2D eigenvalue weighted by Gasteiger charge is -2.13. The quantitative estimate of drug-likeness (QED) is 0.550. The highest BCUT2D eigenvalue weighted by Crippen LogP contribution is 2.27. The van der Waals surface area contributed by atoms with Crippen LogP contribution in [0.4, 0.5) is 23.2 Å². The van der Waals surface area contributed by atoms with E-state index in [1.807, 2.05) is 0 Å². The topological polar surface area (TPSA) is 107 Å². The second-order valence-corrected chi connectivity index (χ2v) is 6.45. The Morgan fingerprint density at radius 1 is 1.11 bits per heavy atom. The normalized spacial score (nSPS) is 11.4. The van der Waals surface area contributed by atoms with Crippen molar-refractivity contribution in [3.8, 4) is 11.8 Å². The summed E-state index contributed by atoms with van der Waals surface area (Å²) in [6.07, 6.45) is 0. The van der Waals surface area contributed by atoms with Gasteiger partial charge in [0.15, 0.2) is 11.6 Å². The predicted molar refractivity (Wildman–Crippen MR) is 83.5 cm³/mol. The van der Waals surface area contributed by atoms with Crippen LogP contribution in [0.1, 0.15) is 16.2 Å². The molecule has 1 aromatic carbocycles. The van der Waals surface area contributed by atoms with Gasteiger partial charge in [-0.15, -0.1) is 0 Å². The number of carbonyl (C=O) groups is 1. The zero-order valence-electron chi connectivity index (χ0n) is 13.7. The van der Waals surface area contributed by atoms with Crippen LogP contribution in [0.5, 0.6) is 11.8 Å². The van der Waals surface area contributed by atoms with Crippen LogP contribution in [0.2, 0.25) is 0 Å². The molecule has 0 fully saturated rings. The third-order valence-electron chi connectivity index (χ3n) is 3.12. The highest BCUT2D eigenvalue weighted by Gasteiger charge is 2.30. The first-order valence-electron chi connectivity index (χ1n) is 6.90. The Kier molecular flexibility index (Phi) is 5.83. The Morgan fingerprint density at radius 3 is 2.15 bits per heavy atom. The molecule has 1 N–H and O–H groups in total. The van der Waals surface area contributed by atoms with Gasteiger partial charge in [0.1, 0.15) is 0 Å². The van der Waals surface area contributed by atoms with E-state index in [0.717, 1.165) is 0 Å². The first-order valence-corrected chi connectivity index (χ1v) is 8.45. The molecule has 2 rings (SSSR count). The minimum Gasteiger partial charge on any atom is -0.481 e. The van der Waals surface area contributed by atoms with Crippen molar-refractivity contribution in [2.75, 3.05) is 18.9 Å². The Labute approximate surface area is 150 Å². The van der Waals surface area contributed by atoms with Gasteiger partial charge in [0.2, 0.25) is 23.4 Å². The Balaban J connectivity index is 2.62. The van der Waals surface area contributed by atoms with Crippen molar-refractivity contribution in [3.63, 3.8) is 0 Å². The molecule has 0 aliphatic rings. The number of halogens is 4. The van der Waals surface area contributed by atoms with Gasteiger partial charge in [-0.2, -0.15) is 18.7 Å². The molecule has 0 aliphatic carbocycles. The van der Waals surface area contributed by atoms with E-state index in [-0.39, 0.29) is 11.8 Å². The van der Waals surface area contributed by atoms with E-state index in [1.54, 1.807) is 0 Å². The van der Waals surface area contributed by atoms with Crippen LogP contribution in [0.15, 0.2) is 18.2 Å². The number of hydrogen-bond acceptors (Lipinski definition) is 7. The Bertz CT molecular complexity index is 963. The van der Waals surface area contributed by atoms with Gasteiger partial charge in [-0.25, -0.2) is 17.2 Å². The summed E-state index contributed by atoms with van der Waals surface area (Å²) in [7, 11) is -2.95. The molecule has 0 aliphatic heterocycles. The molecule has 0 radical (unpaired) electrons. The fraction of sp³-hybridized carbons (Fsp3) is 0.214. The molecule has 2 aromatic rings. The minimum absolute atomic E-state index is 0.123. The molecule has 0 amide bonds. The fourth-order valence-electron chi connectivity index (χ4n) is 1.86. The molecule has 0 unspecified atom stereocenters. The smallest absolute Gasteiger partial charge is 0.355 e. The largest absolute Gasteiger partial charge is 0.481 e. The van der Waals surface area contributed by atoms with Gasteiger partial charge < -0.3 is 9.47 Å². The van der Waals surface area contributed by atoms with E-state index < -0.39 is 50.3 Å². The first kappa shape index (κ1) is 20.4. The van der Waals surface area contributed by atoms with Crippen molar-refractivity contribution >= 4 is 21.5 Å². The zero-order valence-corrected chi connectivity index (χ0v) is 14.5. The van der Waals surface area contributed by atoms with Gasteiger partial charge in [-0.1, -0.05) is 0 Å². The standard InChI is InChI=1S/C14H11F4N3O5S/c1-25-8-5-9(26-2)20-13(19-8)12(22)6-3-4-7(15)10(16)11(6)21-27(23,24)14(17)18/h3-5,14,21H,1-2H3. The van der Waals surface area contributed by atoms with Gasteiger partial charge >= 0.3 is 5.76 Å². The summed E-state index contributed by atoms with van der Waals surface area (Å²) in [5.41, 5.74) is -2.10. The number of carbonyl (C=O) groups excluding carboxylic acids is 1. The number of ether oxygens (including phenoxy) is 2. The van der Waals surface area contributed by atoms with Crippen molar-refractivity contribution in [1.29, 1.82) is 0 Å². The van der Waals surface area contributed by atoms with E-state index >= 15 is 0 Å². The molecule has 8 nitrogen and oxygen atoms in total. The van der Waals surface area contributed by atoms with Crippen LogP contribution < -0.4 is 14.2 Å². The van der Waals surface area contributed by atoms with Crippen molar-refractivity contribution in [2.45, 2.75) is 5.76 Å². The highest BCUT2D eigenvalue weighted by molar-refractivity contribution is 7.93. The van der Waals surface area contributed by atoms with E-state index in [2.05, 4.69) is 9.97 Å². The van der Waals surface area contributed by atoms with Gasteiger partial charge in [0.25, 0.3) is 10.0 Å². The molecule has 27 heavy (non-hydrogen) atoms. The minimum atomic E-state index is -5.39. The number of alkyl halides is 2. The number of nitrogens with zero attached hydrogens (tertiary/aromatic N) is 2. The lowest BCUT2D eigenvalue weighted by atomic mass is 10.1. The Hall–Kier alpha value is -2.96. The van der Waals surface area contributed by atoms with Crippen molar-refractivity contribution < 1.29 is 40.2 Å². The number of ketones is 1. The number of methoxy groups -OCH3 is 2. The number of benzene rings is 1. The van der Waals surface area contributed by atoms with Crippen LogP contribution in [0, 0.1) is 11.6 Å². The lowest BCUT2D eigenvalue weighted by molar-refractivity contribution is 0.102. The number of aromatic nitrogens is 2. The van der Waals surface area contributed by atoms with E-state index in [9.17, 15) is 30.8 Å². The van der Waals surface area contributed by atoms with Crippen LogP contribution in [-0.4, -0.2) is 44.1 Å². The number of rotatable bonds is 7. The van der Waals surface area contributed by atoms with Crippen LogP contribution in [0.25, 0.3) is 0 Å². The average molecular weight is 409 g/mol. The van der Waals surface area contributed by atoms with Gasteiger partial charge in [-0.05, 0) is 12.1 Å². The van der Waals surface area contributed by atoms with Gasteiger partial charge in [0, 0.05) is 0 Å². The third-order valence-corrected chi connectivity index (χ3v) is 4.08. The molecule has 13 heteroatoms. The average Bonchev–Trinajstić information content (AvgIpc) is 2.64. The van der Waals surface area contributed by atoms with Crippen LogP contribution in [-0.2, 0) is 10.0 Å². The van der Waals surface area contributed by atoms with Crippen molar-refractivity contribution in [3.05, 3.63) is 41.2 Å². The lowest BCUT2D eigenvalue weighted by Crippen LogP contribution is -2.23. The third kappa shape index (κ3) is 4.24. The molecule has 0 atom stereocenters. The summed E-state index contributed by atoms with van der Waals surface area (Å²) in [5, 5.41) is 0. The molecule has 1 aromatic heterocycles. The Morgan fingerprint density at radius 2 is 1.67 bits per heavy atom. The first-order chi connectivity index (χ1) is 12.6. The van der Waals surface area contributed by atoms with Crippen LogP contribution in [0.3, 0.4) is 0 Å². The van der Waals surface area contributed by atoms with Crippen molar-refractivity contribution in [1.82, 2.24) is 9.97 Å². The molecule has 0 saturated heterocycles. The summed E-state index contributed by atoms with van der Waals surface area (Å²) >= 11 is 0. The number of sulfonamides is 1. The maximum absolute atomic E-state index is 14.0. The zero-order chi connectivity index (χ0) is 20.4. The number of nitrogens with one attached hydrogen (secondary N) is 1. The summed E-state index contributed by atoms with van der Waals surface area (Å²) in [4.78, 5) is 20.0. The summed E-state index contributed by atoms with van der Waals surface area (Å²) in [5.74, 6) is -9.43. The highest BCUT2D eigenvalue weighted by atomic mass is 32.2. The molecular formula is C14H11F4N3O5S. The molecule has 0 saturated carbocycles. The molecule has 0 spiro atoms. The fourth-order valence-corrected chi connectivity index (χ4v) is 2.43. The van der Waals surface area contributed by atoms with E-state index in [1.165, 1.54) is 25.0 Å². The molecule has 0 bridgehead atoms. The van der Waals surface area contributed by atoms with E-state index in [0.29, 0.717) is 12.1 Å². The maximum atomic E-state index is 14.0. The second kappa shape index (κ2) is 7.73. The molecule has 146 valence electrons. The van der Waals surface area contributed by atoms with E-state index in [4.69, 9.17) is 9.47 Å².